The van der Waals surface area contributed by atoms with E-state index in [1.165, 1.54) is 15.7 Å². The fourth-order valence-electron chi connectivity index (χ4n) is 0.762. The summed E-state index contributed by atoms with van der Waals surface area (Å²) in [4.78, 5) is 24.0. The van der Waals surface area contributed by atoms with Crippen LogP contribution in [0.15, 0.2) is 0 Å². The van der Waals surface area contributed by atoms with Crippen LogP contribution in [0.5, 0.6) is 0 Å². The van der Waals surface area contributed by atoms with E-state index in [4.69, 9.17) is 0 Å². The summed E-state index contributed by atoms with van der Waals surface area (Å²) in [7, 11) is 5.92. The maximum atomic E-state index is 11.3. The zero-order valence-electron chi connectivity index (χ0n) is 8.86. The highest BCUT2D eigenvalue weighted by atomic mass is 33.1. The van der Waals surface area contributed by atoms with E-state index >= 15 is 0 Å². The average molecular weight is 236 g/mol. The van der Waals surface area contributed by atoms with Crippen LogP contribution in [0.2, 0.25) is 0 Å². The molecule has 0 radical (unpaired) electrons. The second kappa shape index (κ2) is 7.00. The summed E-state index contributed by atoms with van der Waals surface area (Å²) < 4.78 is 0. The molecule has 14 heavy (non-hydrogen) atoms. The van der Waals surface area contributed by atoms with Gasteiger partial charge in [0.2, 0.25) is 5.91 Å². The van der Waals surface area contributed by atoms with Gasteiger partial charge < -0.3 is 10.2 Å². The molecule has 4 nitrogen and oxygen atoms in total. The Balaban J connectivity index is 3.87. The van der Waals surface area contributed by atoms with Crippen LogP contribution in [0.3, 0.4) is 0 Å². The summed E-state index contributed by atoms with van der Waals surface area (Å²) in [5, 5.41) is 2.44. The Bertz CT molecular complexity index is 210. The molecule has 1 atom stereocenters. The van der Waals surface area contributed by atoms with Gasteiger partial charge in [-0.25, -0.2) is 0 Å². The highest BCUT2D eigenvalue weighted by molar-refractivity contribution is 8.82. The van der Waals surface area contributed by atoms with E-state index in [2.05, 4.69) is 5.32 Å². The third-order valence-electron chi connectivity index (χ3n) is 1.40. The lowest BCUT2D eigenvalue weighted by Crippen LogP contribution is -2.42. The van der Waals surface area contributed by atoms with Crippen LogP contribution in [0.4, 0.5) is 4.79 Å². The number of amides is 2. The number of carbonyl (C=O) groups excluding carboxylic acids is 2. The topological polar surface area (TPSA) is 49.4 Å². The van der Waals surface area contributed by atoms with Crippen molar-refractivity contribution in [3.63, 3.8) is 0 Å². The summed E-state index contributed by atoms with van der Waals surface area (Å²) in [6.45, 7) is 3.65. The molecule has 0 fully saturated rings. The fraction of sp³-hybridized carbons (Fsp3) is 0.750. The Morgan fingerprint density at radius 1 is 1.43 bits per heavy atom. The van der Waals surface area contributed by atoms with Gasteiger partial charge in [0.25, 0.3) is 5.24 Å². The zero-order valence-corrected chi connectivity index (χ0v) is 10.5. The molecule has 1 unspecified atom stereocenters. The van der Waals surface area contributed by atoms with E-state index in [0.29, 0.717) is 0 Å². The number of rotatable bonds is 4. The van der Waals surface area contributed by atoms with Gasteiger partial charge in [-0.15, -0.1) is 0 Å². The summed E-state index contributed by atoms with van der Waals surface area (Å²) in [5.74, 6) is 0.772. The highest BCUT2D eigenvalue weighted by Crippen LogP contribution is 2.20. The molecule has 0 aromatic heterocycles. The monoisotopic (exact) mass is 236 g/mol. The Labute approximate surface area is 92.6 Å². The zero-order chi connectivity index (χ0) is 11.1. The van der Waals surface area contributed by atoms with Crippen LogP contribution in [0.1, 0.15) is 13.8 Å². The Morgan fingerprint density at radius 3 is 2.43 bits per heavy atom. The number of nitrogens with one attached hydrogen (secondary N) is 1. The molecule has 0 spiro atoms. The highest BCUT2D eigenvalue weighted by Gasteiger charge is 2.16. The minimum absolute atomic E-state index is 0.0968. The quantitative estimate of drug-likeness (QED) is 0.753. The molecule has 82 valence electrons. The summed E-state index contributed by atoms with van der Waals surface area (Å²) in [6.07, 6.45) is 0. The number of hydrogen-bond acceptors (Lipinski definition) is 4. The van der Waals surface area contributed by atoms with Crippen LogP contribution in [-0.4, -0.2) is 41.9 Å². The van der Waals surface area contributed by atoms with Crippen molar-refractivity contribution in [1.82, 2.24) is 10.2 Å². The smallest absolute Gasteiger partial charge is 0.290 e. The van der Waals surface area contributed by atoms with Crippen LogP contribution < -0.4 is 5.32 Å². The van der Waals surface area contributed by atoms with Gasteiger partial charge in [0.15, 0.2) is 0 Å². The molecule has 0 bridgehead atoms. The van der Waals surface area contributed by atoms with Gasteiger partial charge in [-0.05, 0) is 6.92 Å². The van der Waals surface area contributed by atoms with Crippen molar-refractivity contribution >= 4 is 32.7 Å². The van der Waals surface area contributed by atoms with Crippen LogP contribution in [-0.2, 0) is 4.79 Å². The van der Waals surface area contributed by atoms with Gasteiger partial charge in [0.1, 0.15) is 6.04 Å². The molecular weight excluding hydrogens is 220 g/mol. The molecule has 0 aliphatic carbocycles. The molecule has 6 heteroatoms. The molecule has 2 amide bonds. The molecule has 0 heterocycles. The van der Waals surface area contributed by atoms with Gasteiger partial charge in [-0.3, -0.25) is 9.59 Å². The number of carbonyl (C=O) groups is 2. The molecule has 0 aromatic carbocycles. The molecule has 0 aliphatic heterocycles. The van der Waals surface area contributed by atoms with E-state index in [9.17, 15) is 9.59 Å². The number of hydrogen-bond donors (Lipinski definition) is 1. The Morgan fingerprint density at radius 2 is 2.00 bits per heavy atom. The van der Waals surface area contributed by atoms with Crippen LogP contribution in [0.25, 0.3) is 0 Å². The normalized spacial score (nSPS) is 12.0. The first-order valence-electron chi connectivity index (χ1n) is 4.30. The first-order valence-corrected chi connectivity index (χ1v) is 6.62. The predicted molar refractivity (Wildman–Crippen MR) is 62.4 cm³/mol. The minimum Gasteiger partial charge on any atom is -0.347 e. The lowest BCUT2D eigenvalue weighted by atomic mass is 10.3. The van der Waals surface area contributed by atoms with Gasteiger partial charge in [0, 0.05) is 30.6 Å². The van der Waals surface area contributed by atoms with E-state index in [0.717, 1.165) is 16.5 Å². The SMILES string of the molecule is CCSSC(=O)NC(C)C(=O)N(C)C. The minimum atomic E-state index is -0.456. The van der Waals surface area contributed by atoms with Crippen LogP contribution in [0, 0.1) is 0 Å². The Kier molecular flexibility index (Phi) is 6.82. The third kappa shape index (κ3) is 5.39. The van der Waals surface area contributed by atoms with E-state index < -0.39 is 6.04 Å². The molecule has 1 N–H and O–H groups in total. The van der Waals surface area contributed by atoms with Crippen molar-refractivity contribution in [3.8, 4) is 0 Å². The molecule has 0 rings (SSSR count). The second-order valence-electron chi connectivity index (χ2n) is 2.88. The van der Waals surface area contributed by atoms with Crippen molar-refractivity contribution < 1.29 is 9.59 Å². The molecule has 0 saturated carbocycles. The van der Waals surface area contributed by atoms with Gasteiger partial charge in [-0.1, -0.05) is 17.7 Å². The molecule has 0 saturated heterocycles. The lowest BCUT2D eigenvalue weighted by molar-refractivity contribution is -0.130. The molecule has 0 aliphatic rings. The first-order chi connectivity index (χ1) is 6.49. The lowest BCUT2D eigenvalue weighted by Gasteiger charge is -2.17. The van der Waals surface area contributed by atoms with Gasteiger partial charge in [-0.2, -0.15) is 0 Å². The maximum absolute atomic E-state index is 11.3. The maximum Gasteiger partial charge on any atom is 0.290 e. The summed E-state index contributed by atoms with van der Waals surface area (Å²) in [5.41, 5.74) is 0. The van der Waals surface area contributed by atoms with Crippen molar-refractivity contribution in [2.75, 3.05) is 19.8 Å². The van der Waals surface area contributed by atoms with Crippen LogP contribution >= 0.6 is 21.6 Å². The second-order valence-corrected chi connectivity index (χ2v) is 5.43. The van der Waals surface area contributed by atoms with Gasteiger partial charge >= 0.3 is 0 Å². The van der Waals surface area contributed by atoms with Crippen molar-refractivity contribution in [1.29, 1.82) is 0 Å². The van der Waals surface area contributed by atoms with Gasteiger partial charge in [0.05, 0.1) is 0 Å². The predicted octanol–water partition coefficient (Wildman–Crippen LogP) is 1.57. The van der Waals surface area contributed by atoms with E-state index in [1.54, 1.807) is 21.0 Å². The van der Waals surface area contributed by atoms with E-state index in [-0.39, 0.29) is 11.1 Å². The largest absolute Gasteiger partial charge is 0.347 e. The number of nitrogens with zero attached hydrogens (tertiary/aromatic N) is 1. The van der Waals surface area contributed by atoms with E-state index in [1.807, 2.05) is 6.92 Å². The molecule has 0 aromatic rings. The van der Waals surface area contributed by atoms with Crippen molar-refractivity contribution in [3.05, 3.63) is 0 Å². The Hall–Kier alpha value is -0.360. The summed E-state index contributed by atoms with van der Waals surface area (Å²) in [6, 6.07) is -0.456. The average Bonchev–Trinajstić information content (AvgIpc) is 2.13. The molecular formula is C8H16N2O2S2. The summed E-state index contributed by atoms with van der Waals surface area (Å²) >= 11 is 0. The van der Waals surface area contributed by atoms with Crippen molar-refractivity contribution in [2.24, 2.45) is 0 Å². The number of likely N-dealkylation sites (N-methyl/N-ethyl adjacent to an activating group) is 1. The standard InChI is InChI=1S/C8H16N2O2S2/c1-5-13-14-8(12)9-6(2)7(11)10(3)4/h6H,5H2,1-4H3,(H,9,12). The van der Waals surface area contributed by atoms with Crippen molar-refractivity contribution in [2.45, 2.75) is 19.9 Å². The fourth-order valence-corrected chi connectivity index (χ4v) is 2.03. The third-order valence-corrected chi connectivity index (χ3v) is 3.54. The first kappa shape index (κ1) is 13.6.